The Labute approximate surface area is 114 Å². The van der Waals surface area contributed by atoms with E-state index in [2.05, 4.69) is 0 Å². The quantitative estimate of drug-likeness (QED) is 0.562. The van der Waals surface area contributed by atoms with E-state index >= 15 is 0 Å². The maximum Gasteiger partial charge on any atom is 0.325 e. The molecule has 2 nitrogen and oxygen atoms in total. The number of carbonyl (C=O) groups is 1. The zero-order valence-electron chi connectivity index (χ0n) is 9.11. The molecule has 0 atom stereocenters. The molecule has 0 heterocycles. The van der Waals surface area contributed by atoms with Crippen LogP contribution in [0.15, 0.2) is 48.5 Å². The molecule has 2 rings (SSSR count). The van der Waals surface area contributed by atoms with Crippen LogP contribution in [0.4, 0.5) is 20.6 Å². The van der Waals surface area contributed by atoms with Gasteiger partial charge in [-0.3, -0.25) is 9.69 Å². The predicted octanol–water partition coefficient (Wildman–Crippen LogP) is 4.98. The van der Waals surface area contributed by atoms with Gasteiger partial charge < -0.3 is 0 Å². The smallest absolute Gasteiger partial charge is 0.267 e. The van der Waals surface area contributed by atoms with E-state index in [9.17, 15) is 9.18 Å². The van der Waals surface area contributed by atoms with Gasteiger partial charge in [-0.25, -0.2) is 4.39 Å². The van der Waals surface area contributed by atoms with Crippen LogP contribution in [-0.2, 0) is 0 Å². The molecular weight excluding hydrogens is 276 g/mol. The number of rotatable bonds is 2. The molecule has 0 aliphatic heterocycles. The average molecular weight is 284 g/mol. The Kier molecular flexibility index (Phi) is 3.84. The number of nitrogens with zero attached hydrogens (tertiary/aromatic N) is 1. The Hall–Kier alpha value is -1.58. The van der Waals surface area contributed by atoms with Gasteiger partial charge in [0, 0.05) is 5.02 Å². The lowest BCUT2D eigenvalue weighted by atomic mass is 10.2. The lowest BCUT2D eigenvalue weighted by molar-refractivity contribution is 0.266. The number of halogens is 3. The van der Waals surface area contributed by atoms with Crippen LogP contribution in [0.2, 0.25) is 5.02 Å². The molecule has 0 unspecified atom stereocenters. The average Bonchev–Trinajstić information content (AvgIpc) is 2.28. The summed E-state index contributed by atoms with van der Waals surface area (Å²) in [4.78, 5) is 12.7. The third-order valence-corrected chi connectivity index (χ3v) is 2.68. The maximum absolute atomic E-state index is 13.3. The summed E-state index contributed by atoms with van der Waals surface area (Å²) in [6.45, 7) is 0. The molecule has 0 saturated heterocycles. The van der Waals surface area contributed by atoms with Gasteiger partial charge in [-0.05, 0) is 41.9 Å². The van der Waals surface area contributed by atoms with Crippen molar-refractivity contribution in [2.45, 2.75) is 0 Å². The van der Waals surface area contributed by atoms with Crippen molar-refractivity contribution in [2.75, 3.05) is 4.90 Å². The molecule has 1 amide bonds. The van der Waals surface area contributed by atoms with Crippen molar-refractivity contribution in [2.24, 2.45) is 0 Å². The molecule has 92 valence electrons. The van der Waals surface area contributed by atoms with Gasteiger partial charge in [0.2, 0.25) is 0 Å². The van der Waals surface area contributed by atoms with Crippen molar-refractivity contribution in [3.05, 3.63) is 59.4 Å². The number of hydrogen-bond donors (Lipinski definition) is 0. The van der Waals surface area contributed by atoms with Gasteiger partial charge in [0.25, 0.3) is 0 Å². The monoisotopic (exact) mass is 283 g/mol. The van der Waals surface area contributed by atoms with Crippen LogP contribution in [-0.4, -0.2) is 5.37 Å². The fourth-order valence-electron chi connectivity index (χ4n) is 1.60. The fourth-order valence-corrected chi connectivity index (χ4v) is 2.01. The van der Waals surface area contributed by atoms with Crippen LogP contribution in [0.5, 0.6) is 0 Å². The van der Waals surface area contributed by atoms with E-state index < -0.39 is 11.2 Å². The van der Waals surface area contributed by atoms with Gasteiger partial charge in [0.15, 0.2) is 0 Å². The number of amides is 1. The SMILES string of the molecule is O=C(Cl)N(c1ccccc1)c1cc(F)cc(Cl)c1. The first-order chi connectivity index (χ1) is 8.58. The molecule has 2 aromatic carbocycles. The van der Waals surface area contributed by atoms with Crippen molar-refractivity contribution in [1.82, 2.24) is 0 Å². The number of para-hydroxylation sites is 1. The Bertz CT molecular complexity index is 554. The first-order valence-corrected chi connectivity index (χ1v) is 5.84. The van der Waals surface area contributed by atoms with Gasteiger partial charge in [-0.2, -0.15) is 0 Å². The Morgan fingerprint density at radius 1 is 1.06 bits per heavy atom. The molecule has 0 saturated carbocycles. The van der Waals surface area contributed by atoms with Crippen LogP contribution in [0.3, 0.4) is 0 Å². The first kappa shape index (κ1) is 12.9. The highest BCUT2D eigenvalue weighted by Crippen LogP contribution is 2.29. The lowest BCUT2D eigenvalue weighted by Crippen LogP contribution is -2.19. The molecule has 0 radical (unpaired) electrons. The van der Waals surface area contributed by atoms with E-state index in [1.54, 1.807) is 30.3 Å². The van der Waals surface area contributed by atoms with E-state index in [1.807, 2.05) is 0 Å². The summed E-state index contributed by atoms with van der Waals surface area (Å²) in [6, 6.07) is 12.5. The van der Waals surface area contributed by atoms with Crippen LogP contribution >= 0.6 is 23.2 Å². The normalized spacial score (nSPS) is 10.2. The highest BCUT2D eigenvalue weighted by molar-refractivity contribution is 6.67. The van der Waals surface area contributed by atoms with Crippen molar-refractivity contribution in [3.63, 3.8) is 0 Å². The molecule has 18 heavy (non-hydrogen) atoms. The van der Waals surface area contributed by atoms with Crippen molar-refractivity contribution in [3.8, 4) is 0 Å². The number of anilines is 2. The molecule has 0 fully saturated rings. The molecule has 0 bridgehead atoms. The summed E-state index contributed by atoms with van der Waals surface area (Å²) in [5.41, 5.74) is 0.824. The van der Waals surface area contributed by atoms with Crippen LogP contribution in [0.25, 0.3) is 0 Å². The largest absolute Gasteiger partial charge is 0.325 e. The number of benzene rings is 2. The molecule has 0 aliphatic rings. The van der Waals surface area contributed by atoms with E-state index in [4.69, 9.17) is 23.2 Å². The van der Waals surface area contributed by atoms with Crippen molar-refractivity contribution in [1.29, 1.82) is 0 Å². The highest BCUT2D eigenvalue weighted by Gasteiger charge is 2.16. The summed E-state index contributed by atoms with van der Waals surface area (Å²) in [5, 5.41) is -0.535. The number of hydrogen-bond acceptors (Lipinski definition) is 1. The van der Waals surface area contributed by atoms with Gasteiger partial charge in [0.05, 0.1) is 11.4 Å². The van der Waals surface area contributed by atoms with Crippen LogP contribution < -0.4 is 4.90 Å². The summed E-state index contributed by atoms with van der Waals surface area (Å²) < 4.78 is 13.3. The van der Waals surface area contributed by atoms with Gasteiger partial charge in [0.1, 0.15) is 5.82 Å². The standard InChI is InChI=1S/C13H8Cl2FNO/c14-9-6-10(16)8-12(7-9)17(13(15)18)11-4-2-1-3-5-11/h1-8H. The number of carbonyl (C=O) groups excluding carboxylic acids is 1. The predicted molar refractivity (Wildman–Crippen MR) is 71.2 cm³/mol. The van der Waals surface area contributed by atoms with E-state index in [0.717, 1.165) is 6.07 Å². The van der Waals surface area contributed by atoms with Crippen LogP contribution in [0.1, 0.15) is 0 Å². The van der Waals surface area contributed by atoms with Gasteiger partial charge >= 0.3 is 5.37 Å². The van der Waals surface area contributed by atoms with Crippen molar-refractivity contribution < 1.29 is 9.18 Å². The topological polar surface area (TPSA) is 20.3 Å². The molecule has 0 aliphatic carbocycles. The van der Waals surface area contributed by atoms with Gasteiger partial charge in [-0.15, -0.1) is 0 Å². The maximum atomic E-state index is 13.3. The molecule has 5 heteroatoms. The molecule has 0 spiro atoms. The zero-order chi connectivity index (χ0) is 13.1. The summed E-state index contributed by atoms with van der Waals surface area (Å²) in [7, 11) is 0. The molecule has 0 N–H and O–H groups in total. The molecule has 2 aromatic rings. The van der Waals surface area contributed by atoms with E-state index in [0.29, 0.717) is 5.69 Å². The molecule has 0 aromatic heterocycles. The first-order valence-electron chi connectivity index (χ1n) is 5.08. The second-order valence-electron chi connectivity index (χ2n) is 3.55. The zero-order valence-corrected chi connectivity index (χ0v) is 10.6. The Morgan fingerprint density at radius 2 is 1.72 bits per heavy atom. The minimum atomic E-state index is -0.733. The third kappa shape index (κ3) is 2.81. The summed E-state index contributed by atoms with van der Waals surface area (Å²) >= 11 is 11.3. The third-order valence-electron chi connectivity index (χ3n) is 2.30. The Morgan fingerprint density at radius 3 is 2.28 bits per heavy atom. The van der Waals surface area contributed by atoms with E-state index in [-0.39, 0.29) is 10.7 Å². The molecular formula is C13H8Cl2FNO. The van der Waals surface area contributed by atoms with Gasteiger partial charge in [-0.1, -0.05) is 29.8 Å². The summed E-state index contributed by atoms with van der Waals surface area (Å²) in [5.74, 6) is -0.531. The fraction of sp³-hybridized carbons (Fsp3) is 0. The Balaban J connectivity index is 2.52. The second-order valence-corrected chi connectivity index (χ2v) is 4.31. The van der Waals surface area contributed by atoms with Crippen molar-refractivity contribution >= 4 is 39.9 Å². The minimum Gasteiger partial charge on any atom is -0.267 e. The second kappa shape index (κ2) is 5.38. The minimum absolute atomic E-state index is 0.198. The van der Waals surface area contributed by atoms with Crippen LogP contribution in [0, 0.1) is 5.82 Å². The van der Waals surface area contributed by atoms with E-state index in [1.165, 1.54) is 17.0 Å². The summed E-state index contributed by atoms with van der Waals surface area (Å²) in [6.07, 6.45) is 0. The lowest BCUT2D eigenvalue weighted by Gasteiger charge is -2.20. The highest BCUT2D eigenvalue weighted by atomic mass is 35.5.